The highest BCUT2D eigenvalue weighted by Crippen LogP contribution is 2.22. The van der Waals surface area contributed by atoms with Crippen LogP contribution in [0.5, 0.6) is 0 Å². The highest BCUT2D eigenvalue weighted by molar-refractivity contribution is 7.98. The van der Waals surface area contributed by atoms with Gasteiger partial charge in [0.2, 0.25) is 0 Å². The summed E-state index contributed by atoms with van der Waals surface area (Å²) in [5.41, 5.74) is 0.439. The summed E-state index contributed by atoms with van der Waals surface area (Å²) in [4.78, 5) is 12.8. The first-order valence-corrected chi connectivity index (χ1v) is 6.44. The van der Waals surface area contributed by atoms with E-state index in [0.717, 1.165) is 4.90 Å². The van der Waals surface area contributed by atoms with Crippen molar-refractivity contribution in [3.63, 3.8) is 0 Å². The van der Waals surface area contributed by atoms with E-state index in [1.54, 1.807) is 30.8 Å². The molecule has 1 aromatic rings. The molecule has 0 aromatic heterocycles. The molecule has 0 unspecified atom stereocenters. The molecule has 1 amide bonds. The Bertz CT molecular complexity index is 384. The predicted molar refractivity (Wildman–Crippen MR) is 67.2 cm³/mol. The molecule has 1 atom stereocenters. The maximum atomic E-state index is 11.8. The third-order valence-electron chi connectivity index (χ3n) is 2.07. The highest BCUT2D eigenvalue weighted by Gasteiger charge is 2.13. The second-order valence-corrected chi connectivity index (χ2v) is 4.69. The zero-order chi connectivity index (χ0) is 12.1. The molecule has 0 aliphatic carbocycles. The molecule has 0 aliphatic heterocycles. The van der Waals surface area contributed by atoms with Crippen LogP contribution in [-0.4, -0.2) is 29.9 Å². The molecule has 0 radical (unpaired) electrons. The lowest BCUT2D eigenvalue weighted by molar-refractivity contribution is 0.0922. The van der Waals surface area contributed by atoms with E-state index < -0.39 is 0 Å². The SMILES string of the molecule is CSc1ccc(Cl)c(C(=O)N[C@H](C)CO)c1. The minimum atomic E-state index is -0.276. The third kappa shape index (κ3) is 3.40. The zero-order valence-electron chi connectivity index (χ0n) is 9.16. The van der Waals surface area contributed by atoms with E-state index >= 15 is 0 Å². The molecule has 0 aliphatic rings. The minimum absolute atomic E-state index is 0.0917. The summed E-state index contributed by atoms with van der Waals surface area (Å²) in [7, 11) is 0. The quantitative estimate of drug-likeness (QED) is 0.815. The first-order valence-electron chi connectivity index (χ1n) is 4.83. The number of nitrogens with one attached hydrogen (secondary N) is 1. The number of amides is 1. The Hall–Kier alpha value is -0.710. The second-order valence-electron chi connectivity index (χ2n) is 3.40. The van der Waals surface area contributed by atoms with Crippen molar-refractivity contribution in [2.45, 2.75) is 17.9 Å². The largest absolute Gasteiger partial charge is 0.394 e. The summed E-state index contributed by atoms with van der Waals surface area (Å²) < 4.78 is 0. The van der Waals surface area contributed by atoms with Gasteiger partial charge in [0.1, 0.15) is 0 Å². The Morgan fingerprint density at radius 1 is 1.62 bits per heavy atom. The van der Waals surface area contributed by atoms with Crippen molar-refractivity contribution in [1.82, 2.24) is 5.32 Å². The molecule has 16 heavy (non-hydrogen) atoms. The van der Waals surface area contributed by atoms with Crippen LogP contribution in [0.15, 0.2) is 23.1 Å². The third-order valence-corrected chi connectivity index (χ3v) is 3.12. The molecule has 88 valence electrons. The summed E-state index contributed by atoms with van der Waals surface area (Å²) >= 11 is 7.49. The molecular formula is C11H14ClNO2S. The molecule has 0 spiro atoms. The number of hydrogen-bond acceptors (Lipinski definition) is 3. The molecule has 0 saturated carbocycles. The van der Waals surface area contributed by atoms with Crippen LogP contribution in [0.3, 0.4) is 0 Å². The normalized spacial score (nSPS) is 12.2. The van der Waals surface area contributed by atoms with E-state index in [0.29, 0.717) is 10.6 Å². The van der Waals surface area contributed by atoms with Gasteiger partial charge >= 0.3 is 0 Å². The minimum Gasteiger partial charge on any atom is -0.394 e. The van der Waals surface area contributed by atoms with Crippen molar-refractivity contribution in [2.24, 2.45) is 0 Å². The molecule has 1 rings (SSSR count). The number of rotatable bonds is 4. The lowest BCUT2D eigenvalue weighted by Crippen LogP contribution is -2.35. The van der Waals surface area contributed by atoms with E-state index in [9.17, 15) is 4.79 Å². The van der Waals surface area contributed by atoms with Gasteiger partial charge in [0.05, 0.1) is 17.2 Å². The molecule has 0 saturated heterocycles. The van der Waals surface area contributed by atoms with Crippen molar-refractivity contribution in [3.8, 4) is 0 Å². The first-order chi connectivity index (χ1) is 7.58. The van der Waals surface area contributed by atoms with Gasteiger partial charge in [0.15, 0.2) is 0 Å². The Balaban J connectivity index is 2.89. The first kappa shape index (κ1) is 13.4. The lowest BCUT2D eigenvalue weighted by atomic mass is 10.2. The van der Waals surface area contributed by atoms with Gasteiger partial charge < -0.3 is 10.4 Å². The molecule has 5 heteroatoms. The van der Waals surface area contributed by atoms with Gasteiger partial charge in [-0.2, -0.15) is 0 Å². The number of carbonyl (C=O) groups is 1. The van der Waals surface area contributed by atoms with Crippen LogP contribution >= 0.6 is 23.4 Å². The number of halogens is 1. The summed E-state index contributed by atoms with van der Waals surface area (Å²) in [6, 6.07) is 5.03. The summed E-state index contributed by atoms with van der Waals surface area (Å²) in [6.07, 6.45) is 1.93. The highest BCUT2D eigenvalue weighted by atomic mass is 35.5. The fraction of sp³-hybridized carbons (Fsp3) is 0.364. The molecule has 1 aromatic carbocycles. The van der Waals surface area contributed by atoms with Crippen molar-refractivity contribution in [2.75, 3.05) is 12.9 Å². The van der Waals surface area contributed by atoms with Gasteiger partial charge in [-0.25, -0.2) is 0 Å². The average Bonchev–Trinajstić information content (AvgIpc) is 2.29. The van der Waals surface area contributed by atoms with Crippen LogP contribution in [0.2, 0.25) is 5.02 Å². The Kier molecular flexibility index (Phi) is 5.12. The van der Waals surface area contributed by atoms with Crippen LogP contribution in [0.4, 0.5) is 0 Å². The van der Waals surface area contributed by atoms with Crippen LogP contribution in [-0.2, 0) is 0 Å². The maximum Gasteiger partial charge on any atom is 0.253 e. The van der Waals surface area contributed by atoms with Crippen LogP contribution in [0, 0.1) is 0 Å². The van der Waals surface area contributed by atoms with Crippen LogP contribution in [0.25, 0.3) is 0 Å². The standard InChI is InChI=1S/C11H14ClNO2S/c1-7(6-14)13-11(15)9-5-8(16-2)3-4-10(9)12/h3-5,7,14H,6H2,1-2H3,(H,13,15)/t7-/m1/s1. The van der Waals surface area contributed by atoms with Gasteiger partial charge in [-0.05, 0) is 31.4 Å². The summed E-state index contributed by atoms with van der Waals surface area (Å²) in [5, 5.41) is 11.9. The average molecular weight is 260 g/mol. The maximum absolute atomic E-state index is 11.8. The number of thioether (sulfide) groups is 1. The second kappa shape index (κ2) is 6.13. The van der Waals surface area contributed by atoms with Gasteiger partial charge in [0.25, 0.3) is 5.91 Å². The monoisotopic (exact) mass is 259 g/mol. The number of aliphatic hydroxyl groups is 1. The number of aliphatic hydroxyl groups excluding tert-OH is 1. The van der Waals surface area contributed by atoms with Gasteiger partial charge in [-0.15, -0.1) is 11.8 Å². The van der Waals surface area contributed by atoms with E-state index in [2.05, 4.69) is 5.32 Å². The predicted octanol–water partition coefficient (Wildman–Crippen LogP) is 2.17. The van der Waals surface area contributed by atoms with Crippen LogP contribution < -0.4 is 5.32 Å². The molecule has 0 bridgehead atoms. The Morgan fingerprint density at radius 2 is 2.31 bits per heavy atom. The van der Waals surface area contributed by atoms with Crippen molar-refractivity contribution in [3.05, 3.63) is 28.8 Å². The molecule has 2 N–H and O–H groups in total. The topological polar surface area (TPSA) is 49.3 Å². The lowest BCUT2D eigenvalue weighted by Gasteiger charge is -2.12. The van der Waals surface area contributed by atoms with E-state index in [4.69, 9.17) is 16.7 Å². The molecule has 3 nitrogen and oxygen atoms in total. The number of benzene rings is 1. The zero-order valence-corrected chi connectivity index (χ0v) is 10.7. The molecule has 0 heterocycles. The van der Waals surface area contributed by atoms with E-state index in [1.165, 1.54) is 0 Å². The van der Waals surface area contributed by atoms with Gasteiger partial charge in [-0.1, -0.05) is 11.6 Å². The van der Waals surface area contributed by atoms with Crippen molar-refractivity contribution >= 4 is 29.3 Å². The van der Waals surface area contributed by atoms with Crippen molar-refractivity contribution < 1.29 is 9.90 Å². The van der Waals surface area contributed by atoms with Crippen molar-refractivity contribution in [1.29, 1.82) is 0 Å². The summed E-state index contributed by atoms with van der Waals surface area (Å²) in [6.45, 7) is 1.63. The van der Waals surface area contributed by atoms with Gasteiger partial charge in [-0.3, -0.25) is 4.79 Å². The van der Waals surface area contributed by atoms with E-state index in [-0.39, 0.29) is 18.6 Å². The molecule has 0 fully saturated rings. The Labute approximate surface area is 104 Å². The number of carbonyl (C=O) groups excluding carboxylic acids is 1. The Morgan fingerprint density at radius 3 is 2.88 bits per heavy atom. The van der Waals surface area contributed by atoms with Crippen LogP contribution in [0.1, 0.15) is 17.3 Å². The fourth-order valence-corrected chi connectivity index (χ4v) is 1.80. The number of hydrogen-bond donors (Lipinski definition) is 2. The van der Waals surface area contributed by atoms with E-state index in [1.807, 2.05) is 12.3 Å². The summed E-state index contributed by atoms with van der Waals surface area (Å²) in [5.74, 6) is -0.262. The van der Waals surface area contributed by atoms with Gasteiger partial charge in [0, 0.05) is 10.9 Å². The smallest absolute Gasteiger partial charge is 0.253 e. The fourth-order valence-electron chi connectivity index (χ4n) is 1.15. The molecular weight excluding hydrogens is 246 g/mol.